The van der Waals surface area contributed by atoms with Crippen molar-refractivity contribution in [3.05, 3.63) is 53.3 Å². The molecule has 2 aromatic rings. The van der Waals surface area contributed by atoms with E-state index in [0.29, 0.717) is 55.8 Å². The molecule has 3 aliphatic heterocycles. The molecule has 174 valence electrons. The molecule has 0 saturated carbocycles. The van der Waals surface area contributed by atoms with Gasteiger partial charge >= 0.3 is 0 Å². The first-order chi connectivity index (χ1) is 16.7. The van der Waals surface area contributed by atoms with Crippen molar-refractivity contribution in [2.45, 2.75) is 25.7 Å². The van der Waals surface area contributed by atoms with E-state index in [0.717, 1.165) is 23.3 Å². The van der Waals surface area contributed by atoms with E-state index < -0.39 is 5.92 Å². The number of hydrogen-bond donors (Lipinski definition) is 2. The molecule has 2 amide bonds. The van der Waals surface area contributed by atoms with Gasteiger partial charge in [0.15, 0.2) is 5.82 Å². The quantitative estimate of drug-likeness (QED) is 0.544. The first-order valence-corrected chi connectivity index (χ1v) is 11.2. The summed E-state index contributed by atoms with van der Waals surface area (Å²) in [5, 5.41) is 17.6. The van der Waals surface area contributed by atoms with E-state index in [1.807, 2.05) is 18.2 Å². The summed E-state index contributed by atoms with van der Waals surface area (Å²) in [5.74, 6) is 1.42. The lowest BCUT2D eigenvalue weighted by Gasteiger charge is -2.19. The van der Waals surface area contributed by atoms with Gasteiger partial charge in [0.1, 0.15) is 17.4 Å². The highest BCUT2D eigenvalue weighted by molar-refractivity contribution is 5.88. The summed E-state index contributed by atoms with van der Waals surface area (Å²) in [6.07, 6.45) is 7.25. The molecule has 3 aliphatic rings. The standard InChI is InChI=1S/C23H23N7O4/c31-18(24-10-2-11-26-22-20-16(3-1-9-25-20)23(32)29-28-22)6-7-19-27-21(30-34-19)15-4-5-17-14(13-15)8-12-33-17/h1,3-5,9,13,16,26H,2,6-8,10-12H2,(H,24,31). The lowest BCUT2D eigenvalue weighted by atomic mass is 10.0. The Kier molecular flexibility index (Phi) is 6.23. The van der Waals surface area contributed by atoms with Crippen LogP contribution in [0.25, 0.3) is 11.4 Å². The molecule has 4 heterocycles. The molecule has 2 N–H and O–H groups in total. The van der Waals surface area contributed by atoms with Gasteiger partial charge in [0, 0.05) is 44.1 Å². The molecule has 0 radical (unpaired) electrons. The van der Waals surface area contributed by atoms with Crippen molar-refractivity contribution in [1.82, 2.24) is 20.8 Å². The van der Waals surface area contributed by atoms with Crippen LogP contribution in [0.15, 0.2) is 61.6 Å². The molecule has 0 spiro atoms. The fourth-order valence-corrected chi connectivity index (χ4v) is 3.83. The first kappa shape index (κ1) is 21.7. The van der Waals surface area contributed by atoms with Crippen LogP contribution in [0.3, 0.4) is 0 Å². The van der Waals surface area contributed by atoms with Crippen LogP contribution in [0.5, 0.6) is 5.75 Å². The molecule has 34 heavy (non-hydrogen) atoms. The van der Waals surface area contributed by atoms with Crippen LogP contribution >= 0.6 is 0 Å². The number of aryl methyl sites for hydroxylation is 1. The van der Waals surface area contributed by atoms with Crippen LogP contribution in [-0.2, 0) is 22.4 Å². The van der Waals surface area contributed by atoms with E-state index in [-0.39, 0.29) is 18.2 Å². The van der Waals surface area contributed by atoms with Crippen LogP contribution in [0.1, 0.15) is 24.3 Å². The predicted molar refractivity (Wildman–Crippen MR) is 121 cm³/mol. The number of nitrogens with one attached hydrogen (secondary N) is 2. The number of dihydropyridines is 1. The number of azo groups is 1. The van der Waals surface area contributed by atoms with Crippen molar-refractivity contribution in [3.63, 3.8) is 0 Å². The highest BCUT2D eigenvalue weighted by Crippen LogP contribution is 2.29. The number of carbonyl (C=O) groups excluding carboxylic acids is 2. The summed E-state index contributed by atoms with van der Waals surface area (Å²) in [5.41, 5.74) is 2.58. The molecule has 0 fully saturated rings. The maximum absolute atomic E-state index is 12.2. The Balaban J connectivity index is 1.03. The van der Waals surface area contributed by atoms with E-state index in [2.05, 4.69) is 36.0 Å². The van der Waals surface area contributed by atoms with Crippen LogP contribution in [0.4, 0.5) is 0 Å². The molecule has 1 unspecified atom stereocenters. The number of carbonyl (C=O) groups is 2. The highest BCUT2D eigenvalue weighted by Gasteiger charge is 2.28. The van der Waals surface area contributed by atoms with Crippen molar-refractivity contribution in [2.24, 2.45) is 21.1 Å². The first-order valence-electron chi connectivity index (χ1n) is 11.2. The largest absolute Gasteiger partial charge is 0.493 e. The molecular formula is C23H23N7O4. The second kappa shape index (κ2) is 9.77. The van der Waals surface area contributed by atoms with Crippen molar-refractivity contribution in [1.29, 1.82) is 0 Å². The number of aliphatic imine (C=N–C) groups is 1. The van der Waals surface area contributed by atoms with Gasteiger partial charge in [-0.1, -0.05) is 11.2 Å². The van der Waals surface area contributed by atoms with Gasteiger partial charge in [-0.2, -0.15) is 4.98 Å². The predicted octanol–water partition coefficient (Wildman–Crippen LogP) is 2.12. The van der Waals surface area contributed by atoms with E-state index in [4.69, 9.17) is 9.26 Å². The minimum Gasteiger partial charge on any atom is -0.493 e. The van der Waals surface area contributed by atoms with Gasteiger partial charge in [0.05, 0.1) is 6.61 Å². The monoisotopic (exact) mass is 461 g/mol. The zero-order valence-corrected chi connectivity index (χ0v) is 18.4. The van der Waals surface area contributed by atoms with E-state index in [1.54, 1.807) is 18.4 Å². The minimum absolute atomic E-state index is 0.0958. The Bertz CT molecular complexity index is 1230. The fraction of sp³-hybridized carbons (Fsp3) is 0.348. The molecule has 1 aromatic heterocycles. The zero-order valence-electron chi connectivity index (χ0n) is 18.4. The smallest absolute Gasteiger partial charge is 0.277 e. The minimum atomic E-state index is -0.480. The summed E-state index contributed by atoms with van der Waals surface area (Å²) in [6, 6.07) is 5.83. The molecule has 0 aliphatic carbocycles. The summed E-state index contributed by atoms with van der Waals surface area (Å²) in [6.45, 7) is 1.74. The molecule has 5 rings (SSSR count). The van der Waals surface area contributed by atoms with Crippen LogP contribution < -0.4 is 15.4 Å². The van der Waals surface area contributed by atoms with Crippen LogP contribution in [0.2, 0.25) is 0 Å². The van der Waals surface area contributed by atoms with E-state index in [9.17, 15) is 9.59 Å². The number of rotatable bonds is 9. The van der Waals surface area contributed by atoms with Crippen molar-refractivity contribution in [3.8, 4) is 17.1 Å². The molecule has 11 nitrogen and oxygen atoms in total. The topological polar surface area (TPSA) is 143 Å². The maximum atomic E-state index is 12.2. The molecule has 11 heteroatoms. The lowest BCUT2D eigenvalue weighted by Crippen LogP contribution is -2.29. The number of hydrogen-bond acceptors (Lipinski definition) is 9. The Hall–Kier alpha value is -4.15. The Morgan fingerprint density at radius 3 is 3.09 bits per heavy atom. The SMILES string of the molecule is O=C(CCc1nc(-c2ccc3c(c2)CCO3)no1)NCCCNC1=C2N=CC=CC2C(=O)N=N1. The normalized spacial score (nSPS) is 18.0. The number of benzene rings is 1. The van der Waals surface area contributed by atoms with Gasteiger partial charge in [0.2, 0.25) is 17.6 Å². The number of amides is 2. The third kappa shape index (κ3) is 4.77. The molecule has 1 atom stereocenters. The second-order valence-electron chi connectivity index (χ2n) is 7.98. The molecule has 0 saturated heterocycles. The maximum Gasteiger partial charge on any atom is 0.277 e. The fourth-order valence-electron chi connectivity index (χ4n) is 3.83. The number of allylic oxidation sites excluding steroid dienone is 1. The third-order valence-electron chi connectivity index (χ3n) is 5.60. The van der Waals surface area contributed by atoms with Gasteiger partial charge in [-0.25, -0.2) is 0 Å². The second-order valence-corrected chi connectivity index (χ2v) is 7.98. The lowest BCUT2D eigenvalue weighted by molar-refractivity contribution is -0.121. The van der Waals surface area contributed by atoms with Gasteiger partial charge in [0.25, 0.3) is 5.91 Å². The summed E-state index contributed by atoms with van der Waals surface area (Å²) >= 11 is 0. The van der Waals surface area contributed by atoms with Crippen molar-refractivity contribution >= 4 is 18.0 Å². The van der Waals surface area contributed by atoms with Crippen LogP contribution in [0, 0.1) is 5.92 Å². The Labute approximate surface area is 195 Å². The molecule has 0 bridgehead atoms. The van der Waals surface area contributed by atoms with E-state index in [1.165, 1.54) is 0 Å². The zero-order chi connectivity index (χ0) is 23.3. The van der Waals surface area contributed by atoms with Crippen LogP contribution in [-0.4, -0.2) is 47.9 Å². The van der Waals surface area contributed by atoms with Gasteiger partial charge in [-0.15, -0.1) is 10.2 Å². The summed E-state index contributed by atoms with van der Waals surface area (Å²) in [4.78, 5) is 32.6. The highest BCUT2D eigenvalue weighted by atomic mass is 16.5. The Morgan fingerprint density at radius 1 is 1.21 bits per heavy atom. The van der Waals surface area contributed by atoms with Crippen molar-refractivity contribution < 1.29 is 18.8 Å². The molecular weight excluding hydrogens is 438 g/mol. The Morgan fingerprint density at radius 2 is 2.15 bits per heavy atom. The van der Waals surface area contributed by atoms with E-state index >= 15 is 0 Å². The number of ether oxygens (including phenoxy) is 1. The third-order valence-corrected chi connectivity index (χ3v) is 5.60. The van der Waals surface area contributed by atoms with Gasteiger partial charge < -0.3 is 19.9 Å². The van der Waals surface area contributed by atoms with Gasteiger partial charge in [-0.05, 0) is 36.3 Å². The number of aromatic nitrogens is 2. The number of nitrogens with zero attached hydrogens (tertiary/aromatic N) is 5. The summed E-state index contributed by atoms with van der Waals surface area (Å²) in [7, 11) is 0. The average molecular weight is 461 g/mol. The van der Waals surface area contributed by atoms with Gasteiger partial charge in [-0.3, -0.25) is 14.6 Å². The average Bonchev–Trinajstić information content (AvgIpc) is 3.53. The summed E-state index contributed by atoms with van der Waals surface area (Å²) < 4.78 is 10.8. The van der Waals surface area contributed by atoms with Crippen molar-refractivity contribution in [2.75, 3.05) is 19.7 Å². The molecule has 1 aromatic carbocycles. The number of fused-ring (bicyclic) bond motifs is 2.